The van der Waals surface area contributed by atoms with Gasteiger partial charge in [0.2, 0.25) is 0 Å². The third-order valence-corrected chi connectivity index (χ3v) is 6.90. The lowest BCUT2D eigenvalue weighted by atomic mass is 9.77. The number of pyridine rings is 1. The second kappa shape index (κ2) is 6.79. The van der Waals surface area contributed by atoms with Gasteiger partial charge in [-0.3, -0.25) is 4.79 Å². The number of carbonyl (C=O) groups excluding carboxylic acids is 1. The molecule has 5 rings (SSSR count). The van der Waals surface area contributed by atoms with Crippen molar-refractivity contribution < 1.29 is 9.32 Å². The van der Waals surface area contributed by atoms with Crippen molar-refractivity contribution in [1.29, 1.82) is 0 Å². The summed E-state index contributed by atoms with van der Waals surface area (Å²) < 4.78 is 5.63. The van der Waals surface area contributed by atoms with Gasteiger partial charge in [-0.05, 0) is 62.0 Å². The van der Waals surface area contributed by atoms with Gasteiger partial charge in [0.25, 0.3) is 11.6 Å². The number of rotatable bonds is 3. The van der Waals surface area contributed by atoms with E-state index in [0.717, 1.165) is 80.6 Å². The average Bonchev–Trinajstić information content (AvgIpc) is 3.33. The van der Waals surface area contributed by atoms with E-state index in [0.29, 0.717) is 17.0 Å². The molecule has 4 heterocycles. The minimum absolute atomic E-state index is 0.0618. The zero-order valence-corrected chi connectivity index (χ0v) is 17.9. The fourth-order valence-electron chi connectivity index (χ4n) is 4.99. The van der Waals surface area contributed by atoms with E-state index in [9.17, 15) is 4.79 Å². The molecule has 3 aliphatic rings. The number of nitrogens with zero attached hydrogens (tertiary/aromatic N) is 3. The quantitative estimate of drug-likeness (QED) is 0.852. The lowest BCUT2D eigenvalue weighted by molar-refractivity contribution is 0.0609. The highest BCUT2D eigenvalue weighted by Gasteiger charge is 2.39. The first-order valence-electron chi connectivity index (χ1n) is 11.1. The zero-order valence-electron chi connectivity index (χ0n) is 17.9. The van der Waals surface area contributed by atoms with Gasteiger partial charge in [-0.25, -0.2) is 4.98 Å². The second-order valence-corrected chi connectivity index (χ2v) is 10.6. The SMILES string of the molecule is CC(C)(C)Cc1noc2nc(C3CC3)cc(C(=O)N3CCC4(CCNC4)CC3)c12. The van der Waals surface area contributed by atoms with E-state index in [1.165, 1.54) is 6.42 Å². The highest BCUT2D eigenvalue weighted by Crippen LogP contribution is 2.42. The Balaban J connectivity index is 1.48. The van der Waals surface area contributed by atoms with Crippen LogP contribution >= 0.6 is 0 Å². The fourth-order valence-corrected chi connectivity index (χ4v) is 4.99. The van der Waals surface area contributed by atoms with E-state index in [1.54, 1.807) is 0 Å². The highest BCUT2D eigenvalue weighted by molar-refractivity contribution is 6.06. The van der Waals surface area contributed by atoms with E-state index in [-0.39, 0.29) is 11.3 Å². The molecule has 2 saturated heterocycles. The maximum atomic E-state index is 13.6. The molecule has 3 fully saturated rings. The van der Waals surface area contributed by atoms with Crippen LogP contribution in [0, 0.1) is 10.8 Å². The molecular formula is C23H32N4O2. The monoisotopic (exact) mass is 396 g/mol. The fraction of sp³-hybridized carbons (Fsp3) is 0.696. The van der Waals surface area contributed by atoms with Crippen LogP contribution in [0.2, 0.25) is 0 Å². The molecule has 0 aromatic carbocycles. The Morgan fingerprint density at radius 2 is 2.03 bits per heavy atom. The Morgan fingerprint density at radius 3 is 2.66 bits per heavy atom. The van der Waals surface area contributed by atoms with E-state index < -0.39 is 0 Å². The largest absolute Gasteiger partial charge is 0.339 e. The van der Waals surface area contributed by atoms with Gasteiger partial charge in [0.1, 0.15) is 0 Å². The first-order valence-corrected chi connectivity index (χ1v) is 11.1. The first-order chi connectivity index (χ1) is 13.8. The van der Waals surface area contributed by atoms with Gasteiger partial charge in [0, 0.05) is 31.2 Å². The van der Waals surface area contributed by atoms with E-state index in [2.05, 4.69) is 31.2 Å². The molecule has 2 aliphatic heterocycles. The van der Waals surface area contributed by atoms with Gasteiger partial charge in [-0.2, -0.15) is 0 Å². The van der Waals surface area contributed by atoms with E-state index >= 15 is 0 Å². The molecule has 0 atom stereocenters. The Kier molecular flexibility index (Phi) is 4.46. The van der Waals surface area contributed by atoms with Gasteiger partial charge >= 0.3 is 0 Å². The average molecular weight is 397 g/mol. The molecule has 0 unspecified atom stereocenters. The standard InChI is InChI=1S/C23H32N4O2/c1-22(2,3)13-18-19-16(12-17(15-4-5-15)25-20(19)29-26-18)21(28)27-10-7-23(8-11-27)6-9-24-14-23/h12,15,24H,4-11,13-14H2,1-3H3. The number of carbonyl (C=O) groups is 1. The van der Waals surface area contributed by atoms with Crippen molar-refractivity contribution in [3.8, 4) is 0 Å². The Bertz CT molecular complexity index is 922. The van der Waals surface area contributed by atoms with Crippen molar-refractivity contribution in [2.75, 3.05) is 26.2 Å². The summed E-state index contributed by atoms with van der Waals surface area (Å²) in [4.78, 5) is 20.4. The third-order valence-electron chi connectivity index (χ3n) is 6.90. The number of amides is 1. The van der Waals surface area contributed by atoms with Crippen molar-refractivity contribution in [2.45, 2.75) is 65.2 Å². The van der Waals surface area contributed by atoms with Crippen molar-refractivity contribution in [3.63, 3.8) is 0 Å². The van der Waals surface area contributed by atoms with Gasteiger partial charge in [-0.1, -0.05) is 25.9 Å². The minimum atomic E-state index is 0.0618. The number of fused-ring (bicyclic) bond motifs is 1. The van der Waals surface area contributed by atoms with E-state index in [4.69, 9.17) is 9.51 Å². The topological polar surface area (TPSA) is 71.3 Å². The molecule has 0 bridgehead atoms. The molecule has 156 valence electrons. The number of piperidine rings is 1. The van der Waals surface area contributed by atoms with Gasteiger partial charge < -0.3 is 14.7 Å². The predicted molar refractivity (Wildman–Crippen MR) is 112 cm³/mol. The molecule has 2 aromatic heterocycles. The molecule has 6 nitrogen and oxygen atoms in total. The van der Waals surface area contributed by atoms with Gasteiger partial charge in [-0.15, -0.1) is 0 Å². The van der Waals surface area contributed by atoms with Gasteiger partial charge in [0.05, 0.1) is 16.6 Å². The molecule has 0 radical (unpaired) electrons. The zero-order chi connectivity index (χ0) is 20.2. The van der Waals surface area contributed by atoms with Crippen LogP contribution in [0.3, 0.4) is 0 Å². The molecule has 1 spiro atoms. The molecular weight excluding hydrogens is 364 g/mol. The molecule has 2 aromatic rings. The molecule has 1 aliphatic carbocycles. The van der Waals surface area contributed by atoms with Crippen molar-refractivity contribution in [2.24, 2.45) is 10.8 Å². The normalized spacial score (nSPS) is 22.0. The number of hydrogen-bond acceptors (Lipinski definition) is 5. The van der Waals surface area contributed by atoms with Crippen molar-refractivity contribution in [1.82, 2.24) is 20.4 Å². The number of hydrogen-bond donors (Lipinski definition) is 1. The van der Waals surface area contributed by atoms with Crippen molar-refractivity contribution >= 4 is 17.0 Å². The lowest BCUT2D eigenvalue weighted by Gasteiger charge is -2.39. The first kappa shape index (κ1) is 19.0. The Hall–Kier alpha value is -1.95. The summed E-state index contributed by atoms with van der Waals surface area (Å²) in [7, 11) is 0. The van der Waals surface area contributed by atoms with Crippen LogP contribution in [-0.4, -0.2) is 47.1 Å². The Labute approximate surface area is 172 Å². The number of aromatic nitrogens is 2. The number of nitrogens with one attached hydrogen (secondary N) is 1. The van der Waals surface area contributed by atoms with Crippen LogP contribution in [0.15, 0.2) is 10.6 Å². The number of likely N-dealkylation sites (tertiary alicyclic amines) is 1. The van der Waals surface area contributed by atoms with Crippen LogP contribution in [0.5, 0.6) is 0 Å². The smallest absolute Gasteiger partial charge is 0.259 e. The molecule has 29 heavy (non-hydrogen) atoms. The Morgan fingerprint density at radius 1 is 1.28 bits per heavy atom. The highest BCUT2D eigenvalue weighted by atomic mass is 16.5. The van der Waals surface area contributed by atoms with Crippen LogP contribution < -0.4 is 5.32 Å². The van der Waals surface area contributed by atoms with Crippen LogP contribution in [0.4, 0.5) is 0 Å². The molecule has 1 N–H and O–H groups in total. The molecule has 1 amide bonds. The minimum Gasteiger partial charge on any atom is -0.339 e. The third kappa shape index (κ3) is 3.67. The van der Waals surface area contributed by atoms with Gasteiger partial charge in [0.15, 0.2) is 0 Å². The summed E-state index contributed by atoms with van der Waals surface area (Å²) in [5.41, 5.74) is 3.60. The second-order valence-electron chi connectivity index (χ2n) is 10.6. The van der Waals surface area contributed by atoms with E-state index in [1.807, 2.05) is 11.0 Å². The van der Waals surface area contributed by atoms with Crippen LogP contribution in [0.1, 0.15) is 80.5 Å². The maximum Gasteiger partial charge on any atom is 0.259 e. The summed E-state index contributed by atoms with van der Waals surface area (Å²) in [5.74, 6) is 0.592. The summed E-state index contributed by atoms with van der Waals surface area (Å²) in [5, 5.41) is 8.66. The summed E-state index contributed by atoms with van der Waals surface area (Å²) >= 11 is 0. The summed E-state index contributed by atoms with van der Waals surface area (Å²) in [6.07, 6.45) is 6.48. The van der Waals surface area contributed by atoms with Crippen LogP contribution in [-0.2, 0) is 6.42 Å². The predicted octanol–water partition coefficient (Wildman–Crippen LogP) is 3.90. The van der Waals surface area contributed by atoms with Crippen LogP contribution in [0.25, 0.3) is 11.1 Å². The molecule has 6 heteroatoms. The molecule has 1 saturated carbocycles. The summed E-state index contributed by atoms with van der Waals surface area (Å²) in [6.45, 7) is 10.4. The lowest BCUT2D eigenvalue weighted by Crippen LogP contribution is -2.44. The maximum absolute atomic E-state index is 13.6. The van der Waals surface area contributed by atoms with Crippen molar-refractivity contribution in [3.05, 3.63) is 23.0 Å². The summed E-state index contributed by atoms with van der Waals surface area (Å²) in [6, 6.07) is 2.03.